The highest BCUT2D eigenvalue weighted by Crippen LogP contribution is 2.32. The number of nitrogens with zero attached hydrogens (tertiary/aromatic N) is 1. The van der Waals surface area contributed by atoms with Gasteiger partial charge in [0.2, 0.25) is 5.91 Å². The molecule has 1 aliphatic heterocycles. The van der Waals surface area contributed by atoms with E-state index in [1.807, 2.05) is 11.8 Å². The van der Waals surface area contributed by atoms with Gasteiger partial charge < -0.3 is 4.90 Å². The molecule has 1 saturated carbocycles. The van der Waals surface area contributed by atoms with Gasteiger partial charge in [0.1, 0.15) is 0 Å². The second-order valence-electron chi connectivity index (χ2n) is 5.52. The molecular formula is C14H26N2OS. The van der Waals surface area contributed by atoms with Gasteiger partial charge in [-0.15, -0.1) is 0 Å². The first kappa shape index (κ1) is 14.2. The topological polar surface area (TPSA) is 32.3 Å². The normalized spacial score (nSPS) is 29.4. The van der Waals surface area contributed by atoms with Crippen LogP contribution in [0.1, 0.15) is 45.4 Å². The zero-order valence-electron chi connectivity index (χ0n) is 11.7. The minimum absolute atomic E-state index is 0.0856. The van der Waals surface area contributed by atoms with Gasteiger partial charge in [0.25, 0.3) is 0 Å². The van der Waals surface area contributed by atoms with Gasteiger partial charge in [0.05, 0.1) is 12.2 Å². The third kappa shape index (κ3) is 3.02. The van der Waals surface area contributed by atoms with E-state index >= 15 is 0 Å². The molecule has 2 aliphatic rings. The smallest absolute Gasteiger partial charge is 0.241 e. The predicted octanol–water partition coefficient (Wildman–Crippen LogP) is 2.47. The Labute approximate surface area is 115 Å². The van der Waals surface area contributed by atoms with Crippen LogP contribution in [-0.2, 0) is 4.79 Å². The van der Waals surface area contributed by atoms with Crippen LogP contribution in [0.5, 0.6) is 0 Å². The Morgan fingerprint density at radius 2 is 2.11 bits per heavy atom. The van der Waals surface area contributed by atoms with E-state index in [1.165, 1.54) is 25.7 Å². The summed E-state index contributed by atoms with van der Waals surface area (Å²) in [4.78, 5) is 14.6. The van der Waals surface area contributed by atoms with Crippen molar-refractivity contribution in [1.82, 2.24) is 10.2 Å². The number of rotatable bonds is 6. The number of hydrogen-bond donors (Lipinski definition) is 1. The number of hydrogen-bond acceptors (Lipinski definition) is 3. The first-order valence-corrected chi connectivity index (χ1v) is 8.72. The zero-order valence-corrected chi connectivity index (χ0v) is 12.5. The minimum atomic E-state index is 0.0856. The minimum Gasteiger partial charge on any atom is -0.325 e. The molecule has 18 heavy (non-hydrogen) atoms. The van der Waals surface area contributed by atoms with Gasteiger partial charge in [0, 0.05) is 12.3 Å². The summed E-state index contributed by atoms with van der Waals surface area (Å²) in [5.41, 5.74) is 0. The molecule has 1 heterocycles. The summed E-state index contributed by atoms with van der Waals surface area (Å²) < 4.78 is 0. The van der Waals surface area contributed by atoms with Crippen LogP contribution in [0.3, 0.4) is 0 Å². The summed E-state index contributed by atoms with van der Waals surface area (Å²) in [6.45, 7) is 3.07. The SMILES string of the molecule is CCCC1NC(C2CCCC2)N(CCSC)C1=O. The monoisotopic (exact) mass is 270 g/mol. The number of amides is 1. The molecule has 0 aromatic carbocycles. The van der Waals surface area contributed by atoms with E-state index in [0.29, 0.717) is 18.0 Å². The van der Waals surface area contributed by atoms with Gasteiger partial charge in [-0.2, -0.15) is 11.8 Å². The van der Waals surface area contributed by atoms with E-state index in [1.54, 1.807) is 0 Å². The first-order valence-electron chi connectivity index (χ1n) is 7.33. The average molecular weight is 270 g/mol. The lowest BCUT2D eigenvalue weighted by Gasteiger charge is -2.28. The van der Waals surface area contributed by atoms with E-state index in [2.05, 4.69) is 23.4 Å². The Bertz CT molecular complexity index is 279. The highest BCUT2D eigenvalue weighted by molar-refractivity contribution is 7.98. The number of carbonyl (C=O) groups is 1. The van der Waals surface area contributed by atoms with Crippen LogP contribution >= 0.6 is 11.8 Å². The van der Waals surface area contributed by atoms with Gasteiger partial charge in [-0.3, -0.25) is 10.1 Å². The zero-order chi connectivity index (χ0) is 13.0. The average Bonchev–Trinajstić information content (AvgIpc) is 2.97. The highest BCUT2D eigenvalue weighted by Gasteiger charge is 2.42. The summed E-state index contributed by atoms with van der Waals surface area (Å²) in [6.07, 6.45) is 9.76. The molecule has 1 aliphatic carbocycles. The Hall–Kier alpha value is -0.220. The molecule has 2 unspecified atom stereocenters. The van der Waals surface area contributed by atoms with E-state index < -0.39 is 0 Å². The van der Waals surface area contributed by atoms with Crippen LogP contribution < -0.4 is 5.32 Å². The fourth-order valence-electron chi connectivity index (χ4n) is 3.30. The summed E-state index contributed by atoms with van der Waals surface area (Å²) in [7, 11) is 0. The van der Waals surface area contributed by atoms with Crippen molar-refractivity contribution in [2.75, 3.05) is 18.6 Å². The highest BCUT2D eigenvalue weighted by atomic mass is 32.2. The summed E-state index contributed by atoms with van der Waals surface area (Å²) >= 11 is 1.83. The summed E-state index contributed by atoms with van der Waals surface area (Å²) in [6, 6.07) is 0.0856. The molecule has 0 spiro atoms. The van der Waals surface area contributed by atoms with Gasteiger partial charge in [-0.05, 0) is 31.4 Å². The van der Waals surface area contributed by atoms with E-state index in [9.17, 15) is 4.79 Å². The van der Waals surface area contributed by atoms with Crippen molar-refractivity contribution in [3.8, 4) is 0 Å². The van der Waals surface area contributed by atoms with Crippen LogP contribution in [-0.4, -0.2) is 41.6 Å². The van der Waals surface area contributed by atoms with E-state index in [0.717, 1.165) is 25.1 Å². The van der Waals surface area contributed by atoms with Gasteiger partial charge in [-0.25, -0.2) is 0 Å². The maximum absolute atomic E-state index is 12.4. The van der Waals surface area contributed by atoms with Crippen molar-refractivity contribution >= 4 is 17.7 Å². The van der Waals surface area contributed by atoms with E-state index in [-0.39, 0.29) is 6.04 Å². The molecule has 2 fully saturated rings. The number of carbonyl (C=O) groups excluding carboxylic acids is 1. The lowest BCUT2D eigenvalue weighted by atomic mass is 10.0. The van der Waals surface area contributed by atoms with Gasteiger partial charge in [-0.1, -0.05) is 26.2 Å². The molecule has 0 aromatic rings. The second-order valence-corrected chi connectivity index (χ2v) is 6.51. The van der Waals surface area contributed by atoms with Crippen molar-refractivity contribution in [2.24, 2.45) is 5.92 Å². The van der Waals surface area contributed by atoms with Gasteiger partial charge in [0.15, 0.2) is 0 Å². The third-order valence-electron chi connectivity index (χ3n) is 4.25. The number of nitrogens with one attached hydrogen (secondary N) is 1. The summed E-state index contributed by atoms with van der Waals surface area (Å²) in [5, 5.41) is 3.61. The van der Waals surface area contributed by atoms with Crippen LogP contribution in [0.4, 0.5) is 0 Å². The molecule has 4 heteroatoms. The molecule has 3 nitrogen and oxygen atoms in total. The maximum Gasteiger partial charge on any atom is 0.241 e. The molecule has 0 radical (unpaired) electrons. The van der Waals surface area contributed by atoms with Gasteiger partial charge >= 0.3 is 0 Å². The Balaban J connectivity index is 2.02. The molecule has 1 amide bonds. The molecule has 0 bridgehead atoms. The predicted molar refractivity (Wildman–Crippen MR) is 77.7 cm³/mol. The molecule has 1 saturated heterocycles. The van der Waals surface area contributed by atoms with Crippen LogP contribution in [0.2, 0.25) is 0 Å². The lowest BCUT2D eigenvalue weighted by molar-refractivity contribution is -0.130. The molecular weight excluding hydrogens is 244 g/mol. The molecule has 0 aromatic heterocycles. The van der Waals surface area contributed by atoms with E-state index in [4.69, 9.17) is 0 Å². The molecule has 2 rings (SSSR count). The molecule has 2 atom stereocenters. The Morgan fingerprint density at radius 3 is 2.72 bits per heavy atom. The Morgan fingerprint density at radius 1 is 1.39 bits per heavy atom. The fraction of sp³-hybridized carbons (Fsp3) is 0.929. The summed E-state index contributed by atoms with van der Waals surface area (Å²) in [5.74, 6) is 2.09. The van der Waals surface area contributed by atoms with Crippen molar-refractivity contribution in [2.45, 2.75) is 57.7 Å². The quantitative estimate of drug-likeness (QED) is 0.805. The van der Waals surface area contributed by atoms with Crippen molar-refractivity contribution < 1.29 is 4.79 Å². The van der Waals surface area contributed by atoms with Crippen molar-refractivity contribution in [1.29, 1.82) is 0 Å². The van der Waals surface area contributed by atoms with Crippen LogP contribution in [0.15, 0.2) is 0 Å². The fourth-order valence-corrected chi connectivity index (χ4v) is 3.68. The van der Waals surface area contributed by atoms with Crippen molar-refractivity contribution in [3.05, 3.63) is 0 Å². The van der Waals surface area contributed by atoms with Crippen LogP contribution in [0, 0.1) is 5.92 Å². The third-order valence-corrected chi connectivity index (χ3v) is 4.84. The van der Waals surface area contributed by atoms with Crippen LogP contribution in [0.25, 0.3) is 0 Å². The maximum atomic E-state index is 12.4. The first-order chi connectivity index (χ1) is 8.77. The lowest BCUT2D eigenvalue weighted by Crippen LogP contribution is -2.43. The second kappa shape index (κ2) is 6.80. The van der Waals surface area contributed by atoms with Crippen molar-refractivity contribution in [3.63, 3.8) is 0 Å². The number of thioether (sulfide) groups is 1. The molecule has 104 valence electrons. The Kier molecular flexibility index (Phi) is 5.37. The largest absolute Gasteiger partial charge is 0.325 e. The molecule has 1 N–H and O–H groups in total. The standard InChI is InChI=1S/C14H26N2OS/c1-3-6-12-14(17)16(9-10-18-2)13(15-12)11-7-4-5-8-11/h11-13,15H,3-10H2,1-2H3.